The number of hydrogen-bond acceptors (Lipinski definition) is 8. The minimum atomic E-state index is -1.14. The molecular formula is C32H50N8O7. The van der Waals surface area contributed by atoms with Crippen molar-refractivity contribution < 1.29 is 33.9 Å². The van der Waals surface area contributed by atoms with E-state index in [1.54, 1.807) is 20.0 Å². The van der Waals surface area contributed by atoms with E-state index in [1.807, 2.05) is 13.8 Å². The highest BCUT2D eigenvalue weighted by atomic mass is 16.4. The van der Waals surface area contributed by atoms with Crippen LogP contribution in [0.4, 0.5) is 0 Å². The molecule has 0 spiro atoms. The molecule has 3 fully saturated rings. The Morgan fingerprint density at radius 1 is 0.894 bits per heavy atom. The Kier molecular flexibility index (Phi) is 12.0. The maximum Gasteiger partial charge on any atom is 0.326 e. The number of carboxylic acid groups (broad SMARTS) is 1. The molecule has 15 heteroatoms. The van der Waals surface area contributed by atoms with Crippen molar-refractivity contribution in [2.24, 2.45) is 17.6 Å². The lowest BCUT2D eigenvalue weighted by atomic mass is 10.0. The molecule has 1 aromatic rings. The van der Waals surface area contributed by atoms with E-state index in [2.05, 4.69) is 20.6 Å². The molecule has 3 aliphatic heterocycles. The minimum Gasteiger partial charge on any atom is -0.480 e. The molecule has 260 valence electrons. The van der Waals surface area contributed by atoms with E-state index in [9.17, 15) is 33.9 Å². The molecule has 3 aliphatic rings. The van der Waals surface area contributed by atoms with E-state index in [1.165, 1.54) is 21.0 Å². The number of nitrogens with two attached hydrogens (primary N) is 1. The number of carbonyl (C=O) groups is 6. The normalized spacial score (nSPS) is 23.2. The molecule has 0 bridgehead atoms. The SMILES string of the molecule is CC(C)C[C@H](NC(=O)[C@@H](N)Cc1cnc[nH]1)C(=O)N1CCC[C@H]1C(=O)N1CCC[C@H]1C(=O)N1CCC[C@H]1C(=O)N[C@H](C(=O)O)C(C)C. The summed E-state index contributed by atoms with van der Waals surface area (Å²) in [5, 5.41) is 14.9. The highest BCUT2D eigenvalue weighted by Gasteiger charge is 2.46. The molecule has 0 aliphatic carbocycles. The van der Waals surface area contributed by atoms with Crippen molar-refractivity contribution in [1.82, 2.24) is 35.3 Å². The van der Waals surface area contributed by atoms with Crippen molar-refractivity contribution in [2.45, 2.75) is 115 Å². The van der Waals surface area contributed by atoms with Crippen LogP contribution in [0, 0.1) is 11.8 Å². The van der Waals surface area contributed by atoms with Gasteiger partial charge in [0, 0.05) is 37.9 Å². The molecule has 6 atom stereocenters. The summed E-state index contributed by atoms with van der Waals surface area (Å²) in [7, 11) is 0. The molecular weight excluding hydrogens is 608 g/mol. The lowest BCUT2D eigenvalue weighted by molar-refractivity contribution is -0.151. The van der Waals surface area contributed by atoms with Crippen molar-refractivity contribution in [3.8, 4) is 0 Å². The average molecular weight is 659 g/mol. The number of rotatable bonds is 13. The van der Waals surface area contributed by atoms with Gasteiger partial charge in [-0.3, -0.25) is 24.0 Å². The maximum absolute atomic E-state index is 14.1. The molecule has 0 radical (unpaired) electrons. The number of carboxylic acids is 1. The van der Waals surface area contributed by atoms with Gasteiger partial charge >= 0.3 is 5.97 Å². The fraction of sp³-hybridized carbons (Fsp3) is 0.719. The van der Waals surface area contributed by atoms with Crippen molar-refractivity contribution in [3.05, 3.63) is 18.2 Å². The summed E-state index contributed by atoms with van der Waals surface area (Å²) in [6.07, 6.45) is 6.73. The predicted molar refractivity (Wildman–Crippen MR) is 170 cm³/mol. The largest absolute Gasteiger partial charge is 0.480 e. The van der Waals surface area contributed by atoms with Crippen LogP contribution in [0.5, 0.6) is 0 Å². The Morgan fingerprint density at radius 2 is 1.45 bits per heavy atom. The summed E-state index contributed by atoms with van der Waals surface area (Å²) in [4.78, 5) is 91.1. The topological polar surface area (TPSA) is 211 Å². The number of nitrogens with zero attached hydrogens (tertiary/aromatic N) is 4. The van der Waals surface area contributed by atoms with E-state index in [0.29, 0.717) is 70.3 Å². The standard InChI is InChI=1S/C32H50N8O7/c1-18(2)14-22(36-27(41)21(33)15-20-16-34-17-35-20)29(43)39-12-6-9-24(39)31(45)40-13-7-10-25(40)30(44)38-11-5-8-23(38)28(42)37-26(19(3)4)32(46)47/h16-19,21-26H,5-15,33H2,1-4H3,(H,34,35)(H,36,41)(H,37,42)(H,46,47)/t21-,22-,23-,24-,25-,26-/m0/s1. The van der Waals surface area contributed by atoms with E-state index in [-0.39, 0.29) is 36.0 Å². The number of carbonyl (C=O) groups excluding carboxylic acids is 5. The van der Waals surface area contributed by atoms with Crippen LogP contribution >= 0.6 is 0 Å². The summed E-state index contributed by atoms with van der Waals surface area (Å²) in [6.45, 7) is 8.32. The van der Waals surface area contributed by atoms with Crippen molar-refractivity contribution in [3.63, 3.8) is 0 Å². The summed E-state index contributed by atoms with van der Waals surface area (Å²) in [6, 6.07) is -5.22. The van der Waals surface area contributed by atoms with Gasteiger partial charge in [-0.1, -0.05) is 27.7 Å². The summed E-state index contributed by atoms with van der Waals surface area (Å²) in [5.74, 6) is -3.40. The smallest absolute Gasteiger partial charge is 0.326 e. The van der Waals surface area contributed by atoms with Gasteiger partial charge in [-0.25, -0.2) is 9.78 Å². The van der Waals surface area contributed by atoms with Gasteiger partial charge in [0.15, 0.2) is 0 Å². The van der Waals surface area contributed by atoms with Crippen LogP contribution in [0.25, 0.3) is 0 Å². The first kappa shape index (κ1) is 35.8. The molecule has 6 N–H and O–H groups in total. The molecule has 5 amide bonds. The van der Waals surface area contributed by atoms with Crippen molar-refractivity contribution in [1.29, 1.82) is 0 Å². The number of aromatic amines is 1. The van der Waals surface area contributed by atoms with E-state index in [0.717, 1.165) is 0 Å². The highest BCUT2D eigenvalue weighted by Crippen LogP contribution is 2.29. The van der Waals surface area contributed by atoms with Crippen LogP contribution < -0.4 is 16.4 Å². The minimum absolute atomic E-state index is 0.0716. The fourth-order valence-corrected chi connectivity index (χ4v) is 6.92. The summed E-state index contributed by atoms with van der Waals surface area (Å²) < 4.78 is 0. The van der Waals surface area contributed by atoms with Crippen LogP contribution in [0.2, 0.25) is 0 Å². The predicted octanol–water partition coefficient (Wildman–Crippen LogP) is 0.00880. The number of likely N-dealkylation sites (tertiary alicyclic amines) is 3. The lowest BCUT2D eigenvalue weighted by Crippen LogP contribution is -2.59. The van der Waals surface area contributed by atoms with Gasteiger partial charge < -0.3 is 41.2 Å². The van der Waals surface area contributed by atoms with E-state index < -0.39 is 54.0 Å². The van der Waals surface area contributed by atoms with Gasteiger partial charge in [0.2, 0.25) is 29.5 Å². The number of H-pyrrole nitrogens is 1. The van der Waals surface area contributed by atoms with Crippen LogP contribution in [0.15, 0.2) is 12.5 Å². The number of nitrogens with one attached hydrogen (secondary N) is 3. The van der Waals surface area contributed by atoms with Crippen LogP contribution in [-0.4, -0.2) is 121 Å². The number of aromatic nitrogens is 2. The number of hydrogen-bond donors (Lipinski definition) is 5. The first-order valence-electron chi connectivity index (χ1n) is 16.8. The van der Waals surface area contributed by atoms with Crippen molar-refractivity contribution >= 4 is 35.5 Å². The number of aliphatic carboxylic acids is 1. The van der Waals surface area contributed by atoms with Gasteiger partial charge in [-0.15, -0.1) is 0 Å². The van der Waals surface area contributed by atoms with Gasteiger partial charge in [-0.05, 0) is 56.8 Å². The zero-order chi connectivity index (χ0) is 34.4. The molecule has 3 saturated heterocycles. The van der Waals surface area contributed by atoms with E-state index >= 15 is 0 Å². The third kappa shape index (κ3) is 8.48. The Hall–Kier alpha value is -4.01. The molecule has 0 aromatic carbocycles. The molecule has 1 aromatic heterocycles. The summed E-state index contributed by atoms with van der Waals surface area (Å²) in [5.41, 5.74) is 6.84. The van der Waals surface area contributed by atoms with Gasteiger partial charge in [0.25, 0.3) is 0 Å². The Balaban J connectivity index is 1.44. The van der Waals surface area contributed by atoms with Crippen LogP contribution in [0.1, 0.15) is 78.3 Å². The fourth-order valence-electron chi connectivity index (χ4n) is 6.92. The average Bonchev–Trinajstić information content (AvgIpc) is 3.84. The molecule has 15 nitrogen and oxygen atoms in total. The van der Waals surface area contributed by atoms with Gasteiger partial charge in [0.1, 0.15) is 30.2 Å². The third-order valence-electron chi connectivity index (χ3n) is 9.36. The molecule has 0 saturated carbocycles. The number of imidazole rings is 1. The Bertz CT molecular complexity index is 1300. The van der Waals surface area contributed by atoms with Gasteiger partial charge in [-0.2, -0.15) is 0 Å². The monoisotopic (exact) mass is 658 g/mol. The van der Waals surface area contributed by atoms with Crippen LogP contribution in [0.3, 0.4) is 0 Å². The zero-order valence-corrected chi connectivity index (χ0v) is 27.8. The van der Waals surface area contributed by atoms with E-state index in [4.69, 9.17) is 5.73 Å². The van der Waals surface area contributed by atoms with Gasteiger partial charge in [0.05, 0.1) is 12.4 Å². The second kappa shape index (κ2) is 15.7. The Morgan fingerprint density at radius 3 is 1.98 bits per heavy atom. The molecule has 0 unspecified atom stereocenters. The highest BCUT2D eigenvalue weighted by molar-refractivity contribution is 5.97. The third-order valence-corrected chi connectivity index (χ3v) is 9.36. The second-order valence-electron chi connectivity index (χ2n) is 13.7. The molecule has 47 heavy (non-hydrogen) atoms. The quantitative estimate of drug-likeness (QED) is 0.193. The molecule has 4 rings (SSSR count). The maximum atomic E-state index is 14.1. The van der Waals surface area contributed by atoms with Crippen LogP contribution in [-0.2, 0) is 35.2 Å². The first-order valence-corrected chi connectivity index (χ1v) is 16.8. The molecule has 4 heterocycles. The lowest BCUT2D eigenvalue weighted by Gasteiger charge is -2.35. The second-order valence-corrected chi connectivity index (χ2v) is 13.7. The number of amides is 5. The zero-order valence-electron chi connectivity index (χ0n) is 27.8. The summed E-state index contributed by atoms with van der Waals surface area (Å²) >= 11 is 0. The Labute approximate surface area is 275 Å². The van der Waals surface area contributed by atoms with Crippen molar-refractivity contribution in [2.75, 3.05) is 19.6 Å². The first-order chi connectivity index (χ1) is 22.3.